The van der Waals surface area contributed by atoms with E-state index in [1.165, 1.54) is 19.2 Å². The third-order valence-electron chi connectivity index (χ3n) is 4.39. The SMILES string of the molecule is COc1ccc(Cl)cc1S(=O)(=O)N(CC(=O)Nc1ccc(I)cc1)Cc1ccccc1. The second-order valence-electron chi connectivity index (χ2n) is 6.61. The number of anilines is 1. The highest BCUT2D eigenvalue weighted by Crippen LogP contribution is 2.30. The lowest BCUT2D eigenvalue weighted by molar-refractivity contribution is -0.116. The van der Waals surface area contributed by atoms with Crippen LogP contribution in [0.1, 0.15) is 5.56 Å². The van der Waals surface area contributed by atoms with E-state index in [1.807, 2.05) is 30.3 Å². The highest BCUT2D eigenvalue weighted by molar-refractivity contribution is 14.1. The highest BCUT2D eigenvalue weighted by Gasteiger charge is 2.30. The van der Waals surface area contributed by atoms with Crippen molar-refractivity contribution in [1.82, 2.24) is 4.31 Å². The van der Waals surface area contributed by atoms with Crippen LogP contribution < -0.4 is 10.1 Å². The first kappa shape index (κ1) is 23.5. The van der Waals surface area contributed by atoms with Crippen LogP contribution in [0.15, 0.2) is 77.7 Å². The third kappa shape index (κ3) is 6.19. The number of benzene rings is 3. The average Bonchev–Trinajstić information content (AvgIpc) is 2.75. The molecule has 0 fully saturated rings. The Morgan fingerprint density at radius 3 is 2.39 bits per heavy atom. The molecule has 0 atom stereocenters. The van der Waals surface area contributed by atoms with Crippen LogP contribution in [0.4, 0.5) is 5.69 Å². The molecule has 0 aliphatic carbocycles. The summed E-state index contributed by atoms with van der Waals surface area (Å²) in [6.45, 7) is -0.363. The number of methoxy groups -OCH3 is 1. The molecule has 6 nitrogen and oxygen atoms in total. The number of carbonyl (C=O) groups is 1. The van der Waals surface area contributed by atoms with E-state index in [1.54, 1.807) is 30.3 Å². The summed E-state index contributed by atoms with van der Waals surface area (Å²) in [4.78, 5) is 12.6. The number of carbonyl (C=O) groups excluding carboxylic acids is 1. The van der Waals surface area contributed by atoms with Crippen molar-refractivity contribution in [2.75, 3.05) is 19.0 Å². The van der Waals surface area contributed by atoms with Gasteiger partial charge in [0, 0.05) is 20.8 Å². The van der Waals surface area contributed by atoms with Crippen molar-refractivity contribution < 1.29 is 17.9 Å². The van der Waals surface area contributed by atoms with Gasteiger partial charge in [0.05, 0.1) is 13.7 Å². The fourth-order valence-corrected chi connectivity index (χ4v) is 5.06. The van der Waals surface area contributed by atoms with Crippen LogP contribution in [0, 0.1) is 3.57 Å². The first-order valence-corrected chi connectivity index (χ1v) is 12.1. The molecule has 0 aliphatic rings. The zero-order chi connectivity index (χ0) is 22.4. The second-order valence-corrected chi connectivity index (χ2v) is 10.2. The summed E-state index contributed by atoms with van der Waals surface area (Å²) in [5.41, 5.74) is 1.33. The van der Waals surface area contributed by atoms with E-state index in [4.69, 9.17) is 16.3 Å². The lowest BCUT2D eigenvalue weighted by Gasteiger charge is -2.23. The predicted molar refractivity (Wildman–Crippen MR) is 130 cm³/mol. The number of ether oxygens (including phenoxy) is 1. The number of nitrogens with one attached hydrogen (secondary N) is 1. The molecule has 3 rings (SSSR count). The number of nitrogens with zero attached hydrogens (tertiary/aromatic N) is 1. The lowest BCUT2D eigenvalue weighted by Crippen LogP contribution is -2.37. The molecular formula is C22H20ClIN2O4S. The smallest absolute Gasteiger partial charge is 0.247 e. The van der Waals surface area contributed by atoms with Gasteiger partial charge in [0.25, 0.3) is 0 Å². The summed E-state index contributed by atoms with van der Waals surface area (Å²) in [6.07, 6.45) is 0. The van der Waals surface area contributed by atoms with Gasteiger partial charge in [-0.1, -0.05) is 41.9 Å². The first-order chi connectivity index (χ1) is 14.8. The van der Waals surface area contributed by atoms with E-state index in [-0.39, 0.29) is 28.8 Å². The van der Waals surface area contributed by atoms with Crippen molar-refractivity contribution in [3.63, 3.8) is 0 Å². The fourth-order valence-electron chi connectivity index (χ4n) is 2.90. The van der Waals surface area contributed by atoms with Gasteiger partial charge >= 0.3 is 0 Å². The van der Waals surface area contributed by atoms with Gasteiger partial charge in [0.2, 0.25) is 15.9 Å². The molecule has 9 heteroatoms. The zero-order valence-corrected chi connectivity index (χ0v) is 20.3. The zero-order valence-electron chi connectivity index (χ0n) is 16.6. The largest absolute Gasteiger partial charge is 0.495 e. The maximum Gasteiger partial charge on any atom is 0.247 e. The molecule has 0 aliphatic heterocycles. The number of rotatable bonds is 8. The molecule has 0 bridgehead atoms. The standard InChI is InChI=1S/C22H20ClIN2O4S/c1-30-20-12-7-17(23)13-21(20)31(28,29)26(14-16-5-3-2-4-6-16)15-22(27)25-19-10-8-18(24)9-11-19/h2-13H,14-15H2,1H3,(H,25,27). The Labute approximate surface area is 200 Å². The van der Waals surface area contributed by atoms with Gasteiger partial charge in [-0.05, 0) is 70.6 Å². The van der Waals surface area contributed by atoms with Crippen LogP contribution in [-0.2, 0) is 21.4 Å². The van der Waals surface area contributed by atoms with Crippen LogP contribution in [0.25, 0.3) is 0 Å². The monoisotopic (exact) mass is 570 g/mol. The molecule has 3 aromatic carbocycles. The van der Waals surface area contributed by atoms with Crippen molar-refractivity contribution in [2.24, 2.45) is 0 Å². The molecule has 31 heavy (non-hydrogen) atoms. The Balaban J connectivity index is 1.93. The third-order valence-corrected chi connectivity index (χ3v) is 7.16. The number of halogens is 2. The van der Waals surface area contributed by atoms with E-state index in [0.29, 0.717) is 5.69 Å². The van der Waals surface area contributed by atoms with Crippen LogP contribution in [0.5, 0.6) is 5.75 Å². The number of amides is 1. The molecule has 162 valence electrons. The summed E-state index contributed by atoms with van der Waals surface area (Å²) < 4.78 is 34.4. The average molecular weight is 571 g/mol. The fraction of sp³-hybridized carbons (Fsp3) is 0.136. The minimum absolute atomic E-state index is 0.0128. The quantitative estimate of drug-likeness (QED) is 0.396. The van der Waals surface area contributed by atoms with E-state index in [2.05, 4.69) is 27.9 Å². The van der Waals surface area contributed by atoms with Gasteiger partial charge in [-0.25, -0.2) is 8.42 Å². The molecule has 1 amide bonds. The van der Waals surface area contributed by atoms with Crippen LogP contribution in [-0.4, -0.2) is 32.3 Å². The molecule has 0 saturated carbocycles. The minimum atomic E-state index is -4.10. The maximum absolute atomic E-state index is 13.5. The number of hydrogen-bond donors (Lipinski definition) is 1. The van der Waals surface area contributed by atoms with Gasteiger partial charge in [-0.15, -0.1) is 0 Å². The van der Waals surface area contributed by atoms with E-state index < -0.39 is 15.9 Å². The van der Waals surface area contributed by atoms with E-state index >= 15 is 0 Å². The van der Waals surface area contributed by atoms with Gasteiger partial charge in [-0.2, -0.15) is 4.31 Å². The summed E-state index contributed by atoms with van der Waals surface area (Å²) >= 11 is 8.22. The van der Waals surface area contributed by atoms with Gasteiger partial charge < -0.3 is 10.1 Å². The van der Waals surface area contributed by atoms with Crippen molar-refractivity contribution >= 4 is 55.8 Å². The highest BCUT2D eigenvalue weighted by atomic mass is 127. The summed E-state index contributed by atoms with van der Waals surface area (Å²) in [5.74, 6) is -0.304. The topological polar surface area (TPSA) is 75.7 Å². The summed E-state index contributed by atoms with van der Waals surface area (Å²) in [7, 11) is -2.71. The lowest BCUT2D eigenvalue weighted by atomic mass is 10.2. The maximum atomic E-state index is 13.5. The van der Waals surface area contributed by atoms with Crippen LogP contribution >= 0.6 is 34.2 Å². The molecule has 0 spiro atoms. The minimum Gasteiger partial charge on any atom is -0.495 e. The van der Waals surface area contributed by atoms with Crippen LogP contribution in [0.3, 0.4) is 0 Å². The normalized spacial score (nSPS) is 11.4. The van der Waals surface area contributed by atoms with Crippen molar-refractivity contribution in [3.05, 3.63) is 87.0 Å². The number of sulfonamides is 1. The van der Waals surface area contributed by atoms with Crippen molar-refractivity contribution in [1.29, 1.82) is 0 Å². The Hall–Kier alpha value is -2.14. The molecular weight excluding hydrogens is 551 g/mol. The van der Waals surface area contributed by atoms with E-state index in [0.717, 1.165) is 13.4 Å². The molecule has 0 radical (unpaired) electrons. The number of hydrogen-bond acceptors (Lipinski definition) is 4. The molecule has 3 aromatic rings. The molecule has 1 N–H and O–H groups in total. The van der Waals surface area contributed by atoms with Crippen molar-refractivity contribution in [2.45, 2.75) is 11.4 Å². The predicted octanol–water partition coefficient (Wildman–Crippen LogP) is 4.78. The molecule has 0 aromatic heterocycles. The first-order valence-electron chi connectivity index (χ1n) is 9.22. The summed E-state index contributed by atoms with van der Waals surface area (Å²) in [6, 6.07) is 20.6. The Morgan fingerprint density at radius 2 is 1.74 bits per heavy atom. The molecule has 0 saturated heterocycles. The molecule has 0 unspecified atom stereocenters. The Morgan fingerprint density at radius 1 is 1.06 bits per heavy atom. The van der Waals surface area contributed by atoms with Gasteiger partial charge in [0.1, 0.15) is 10.6 Å². The van der Waals surface area contributed by atoms with Crippen LogP contribution in [0.2, 0.25) is 5.02 Å². The van der Waals surface area contributed by atoms with E-state index in [9.17, 15) is 13.2 Å². The van der Waals surface area contributed by atoms with Gasteiger partial charge in [-0.3, -0.25) is 4.79 Å². The van der Waals surface area contributed by atoms with Gasteiger partial charge in [0.15, 0.2) is 0 Å². The van der Waals surface area contributed by atoms with Crippen molar-refractivity contribution in [3.8, 4) is 5.75 Å². The Kier molecular flexibility index (Phi) is 7.93. The Bertz CT molecular complexity index is 1160. The second kappa shape index (κ2) is 10.4. The molecule has 0 heterocycles. The summed E-state index contributed by atoms with van der Waals surface area (Å²) in [5, 5.41) is 3.00.